The number of anilines is 2. The molecule has 2 aromatic carbocycles. The first-order valence-corrected chi connectivity index (χ1v) is 16.6. The molecule has 1 unspecified atom stereocenters. The zero-order valence-corrected chi connectivity index (χ0v) is 29.5. The lowest BCUT2D eigenvalue weighted by Gasteiger charge is -2.50. The molecule has 0 bridgehead atoms. The smallest absolute Gasteiger partial charge is 0.416 e. The Morgan fingerprint density at radius 1 is 0.961 bits per heavy atom. The van der Waals surface area contributed by atoms with E-state index in [4.69, 9.17) is 9.72 Å². The Bertz CT molecular complexity index is 1820. The number of halogens is 5. The molecule has 2 atom stereocenters. The van der Waals surface area contributed by atoms with Gasteiger partial charge >= 0.3 is 12.1 Å². The predicted octanol–water partition coefficient (Wildman–Crippen LogP) is 5.91. The molecule has 9 nitrogen and oxygen atoms in total. The highest BCUT2D eigenvalue weighted by Gasteiger charge is 2.40. The van der Waals surface area contributed by atoms with Gasteiger partial charge in [-0.25, -0.2) is 13.8 Å². The number of likely N-dealkylation sites (N-methyl/N-ethyl adjacent to an activating group) is 1. The number of pyridine rings is 1. The van der Waals surface area contributed by atoms with Gasteiger partial charge in [-0.1, -0.05) is 12.1 Å². The quantitative estimate of drug-likeness (QED) is 0.212. The number of fused-ring (bicyclic) bond motifs is 1. The fraction of sp³-hybridized carbons (Fsp3) is 0.459. The normalized spacial score (nSPS) is 18.3. The Morgan fingerprint density at radius 3 is 2.29 bits per heavy atom. The number of esters is 1. The molecule has 1 aromatic heterocycles. The van der Waals surface area contributed by atoms with E-state index in [2.05, 4.69) is 9.80 Å². The van der Waals surface area contributed by atoms with Crippen LogP contribution >= 0.6 is 0 Å². The molecule has 14 heteroatoms. The summed E-state index contributed by atoms with van der Waals surface area (Å²) in [6, 6.07) is 8.65. The van der Waals surface area contributed by atoms with Gasteiger partial charge in [-0.05, 0) is 73.4 Å². The summed E-state index contributed by atoms with van der Waals surface area (Å²) in [4.78, 5) is 50.3. The van der Waals surface area contributed by atoms with Crippen molar-refractivity contribution >= 4 is 29.3 Å². The van der Waals surface area contributed by atoms with Crippen molar-refractivity contribution in [3.05, 3.63) is 76.7 Å². The maximum atomic E-state index is 14.3. The van der Waals surface area contributed by atoms with Gasteiger partial charge in [-0.3, -0.25) is 19.3 Å². The second-order valence-corrected chi connectivity index (χ2v) is 13.8. The van der Waals surface area contributed by atoms with Gasteiger partial charge < -0.3 is 19.4 Å². The number of nitrogens with zero attached hydrogens (tertiary/aromatic N) is 5. The van der Waals surface area contributed by atoms with Crippen molar-refractivity contribution in [3.63, 3.8) is 0 Å². The van der Waals surface area contributed by atoms with Gasteiger partial charge in [0.05, 0.1) is 28.9 Å². The number of carbonyl (C=O) groups is 3. The molecule has 0 aliphatic carbocycles. The lowest BCUT2D eigenvalue weighted by atomic mass is 9.81. The zero-order chi connectivity index (χ0) is 37.4. The third-order valence-electron chi connectivity index (χ3n) is 9.85. The summed E-state index contributed by atoms with van der Waals surface area (Å²) in [5.74, 6) is -0.960. The van der Waals surface area contributed by atoms with Crippen LogP contribution in [0.5, 0.6) is 0 Å². The molecule has 0 N–H and O–H groups in total. The van der Waals surface area contributed by atoms with E-state index < -0.39 is 41.5 Å². The summed E-state index contributed by atoms with van der Waals surface area (Å²) in [6.07, 6.45) is -3.22. The topological polar surface area (TPSA) is 86.3 Å². The lowest BCUT2D eigenvalue weighted by molar-refractivity contribution is -0.149. The third-order valence-corrected chi connectivity index (χ3v) is 9.85. The van der Waals surface area contributed by atoms with Gasteiger partial charge in [0.2, 0.25) is 11.8 Å². The molecule has 5 rings (SSSR count). The van der Waals surface area contributed by atoms with Crippen LogP contribution in [0.2, 0.25) is 0 Å². The van der Waals surface area contributed by atoms with Gasteiger partial charge in [0.25, 0.3) is 0 Å². The van der Waals surface area contributed by atoms with Crippen LogP contribution in [0, 0.1) is 12.7 Å². The maximum Gasteiger partial charge on any atom is 0.416 e. The van der Waals surface area contributed by atoms with Gasteiger partial charge in [-0.2, -0.15) is 13.2 Å². The summed E-state index contributed by atoms with van der Waals surface area (Å²) < 4.78 is 74.3. The molecule has 0 spiro atoms. The fourth-order valence-corrected chi connectivity index (χ4v) is 6.97. The number of hydrogen-bond donors (Lipinski definition) is 0. The Hall–Kier alpha value is -4.59. The molecule has 51 heavy (non-hydrogen) atoms. The first kappa shape index (κ1) is 37.7. The number of ether oxygens (including phenoxy) is 1. The summed E-state index contributed by atoms with van der Waals surface area (Å²) in [6.45, 7) is 9.21. The average Bonchev–Trinajstić information content (AvgIpc) is 3.08. The van der Waals surface area contributed by atoms with Crippen molar-refractivity contribution in [2.75, 3.05) is 56.2 Å². The number of carbonyl (C=O) groups excluding carboxylic acids is 3. The molecule has 2 saturated heterocycles. The minimum atomic E-state index is -4.74. The van der Waals surface area contributed by atoms with E-state index in [1.165, 1.54) is 64.0 Å². The Kier molecular flexibility index (Phi) is 10.8. The van der Waals surface area contributed by atoms with E-state index >= 15 is 0 Å². The van der Waals surface area contributed by atoms with Crippen molar-refractivity contribution in [1.82, 2.24) is 14.8 Å². The lowest BCUT2D eigenvalue weighted by Crippen LogP contribution is -2.66. The Morgan fingerprint density at radius 2 is 1.67 bits per heavy atom. The molecule has 2 aliphatic rings. The maximum absolute atomic E-state index is 14.3. The molecular weight excluding hydrogens is 673 g/mol. The molecule has 0 radical (unpaired) electrons. The van der Waals surface area contributed by atoms with Crippen molar-refractivity contribution in [1.29, 1.82) is 0 Å². The monoisotopic (exact) mass is 715 g/mol. The van der Waals surface area contributed by atoms with E-state index in [1.54, 1.807) is 17.9 Å². The molecule has 0 saturated carbocycles. The standard InChI is InChI=1S/C37H42F5N5O4/c1-22-11-28(39)7-8-31(22)32-15-34(46-10-9-45-19-30(21-51-24(3)49)47(23(2)48)20-29(45)18-46)43-17-33(32)44(6)35(50)36(4,5)26-12-25(16-38)13-27(14-26)37(40,41)42/h7-8,11-15,17,29-30H,9-10,16,18-21H2,1-6H3/t29?,30-/m1/s1. The number of hydrogen-bond acceptors (Lipinski definition) is 7. The van der Waals surface area contributed by atoms with Crippen molar-refractivity contribution < 1.29 is 41.1 Å². The van der Waals surface area contributed by atoms with Crippen molar-refractivity contribution in [2.45, 2.75) is 65.0 Å². The summed E-state index contributed by atoms with van der Waals surface area (Å²) in [7, 11) is 1.50. The van der Waals surface area contributed by atoms with E-state index in [0.29, 0.717) is 60.9 Å². The highest BCUT2D eigenvalue weighted by molar-refractivity contribution is 6.03. The SMILES string of the molecule is CC(=O)OC[C@H]1CN2CCN(c3cc(-c4ccc(F)cc4C)c(N(C)C(=O)C(C)(C)c4cc(CF)cc(C(F)(F)F)c4)cn3)CC2CN1C(C)=O. The van der Waals surface area contributed by atoms with E-state index in [9.17, 15) is 36.3 Å². The first-order valence-electron chi connectivity index (χ1n) is 16.6. The fourth-order valence-electron chi connectivity index (χ4n) is 6.97. The van der Waals surface area contributed by atoms with Crippen molar-refractivity contribution in [2.24, 2.45) is 0 Å². The van der Waals surface area contributed by atoms with Gasteiger partial charge in [0.15, 0.2) is 0 Å². The predicted molar refractivity (Wildman–Crippen MR) is 182 cm³/mol. The van der Waals surface area contributed by atoms with Crippen molar-refractivity contribution in [3.8, 4) is 11.1 Å². The molecular formula is C37H42F5N5O4. The van der Waals surface area contributed by atoms with Crippen LogP contribution in [-0.2, 0) is 37.4 Å². The number of amides is 2. The van der Waals surface area contributed by atoms with Crippen LogP contribution < -0.4 is 9.80 Å². The molecule has 274 valence electrons. The highest BCUT2D eigenvalue weighted by atomic mass is 19.4. The summed E-state index contributed by atoms with van der Waals surface area (Å²) in [5.41, 5.74) is -0.639. The van der Waals surface area contributed by atoms with Crippen LogP contribution in [-0.4, -0.2) is 91.0 Å². The Labute approximate surface area is 294 Å². The molecule has 2 amide bonds. The number of alkyl halides is 4. The van der Waals surface area contributed by atoms with Crippen LogP contribution in [0.25, 0.3) is 11.1 Å². The van der Waals surface area contributed by atoms with Crippen LogP contribution in [0.4, 0.5) is 33.5 Å². The number of piperazine rings is 2. The second kappa shape index (κ2) is 14.6. The molecule has 2 fully saturated rings. The van der Waals surface area contributed by atoms with Crippen LogP contribution in [0.3, 0.4) is 0 Å². The minimum Gasteiger partial charge on any atom is -0.464 e. The molecule has 2 aliphatic heterocycles. The van der Waals surface area contributed by atoms with Gasteiger partial charge in [-0.15, -0.1) is 0 Å². The largest absolute Gasteiger partial charge is 0.464 e. The van der Waals surface area contributed by atoms with Gasteiger partial charge in [0, 0.05) is 65.2 Å². The van der Waals surface area contributed by atoms with Gasteiger partial charge in [0.1, 0.15) is 24.9 Å². The Balaban J connectivity index is 1.48. The average molecular weight is 716 g/mol. The number of rotatable bonds is 8. The minimum absolute atomic E-state index is 0.00553. The molecule has 3 heterocycles. The third kappa shape index (κ3) is 8.00. The molecule has 3 aromatic rings. The summed E-state index contributed by atoms with van der Waals surface area (Å²) >= 11 is 0. The number of aromatic nitrogens is 1. The number of aryl methyl sites for hydroxylation is 1. The zero-order valence-electron chi connectivity index (χ0n) is 29.5. The second-order valence-electron chi connectivity index (χ2n) is 13.8. The van der Waals surface area contributed by atoms with Crippen LogP contribution in [0.15, 0.2) is 48.7 Å². The first-order chi connectivity index (χ1) is 23.9. The number of benzene rings is 2. The summed E-state index contributed by atoms with van der Waals surface area (Å²) in [5, 5.41) is 0. The highest BCUT2D eigenvalue weighted by Crippen LogP contribution is 2.39. The van der Waals surface area contributed by atoms with E-state index in [1.807, 2.05) is 6.07 Å². The van der Waals surface area contributed by atoms with Crippen LogP contribution in [0.1, 0.15) is 49.9 Å². The van der Waals surface area contributed by atoms with E-state index in [-0.39, 0.29) is 35.7 Å². The van der Waals surface area contributed by atoms with E-state index in [0.717, 1.165) is 12.1 Å².